The van der Waals surface area contributed by atoms with Gasteiger partial charge in [-0.3, -0.25) is 0 Å². The lowest BCUT2D eigenvalue weighted by molar-refractivity contribution is 0.00490. The van der Waals surface area contributed by atoms with Crippen molar-refractivity contribution < 1.29 is 19.1 Å². The number of hydrogen-bond acceptors (Lipinski definition) is 4. The van der Waals surface area contributed by atoms with E-state index < -0.39 is 0 Å². The van der Waals surface area contributed by atoms with Gasteiger partial charge in [-0.25, -0.2) is 9.59 Å². The molecule has 0 amide bonds. The molecule has 2 aromatic carbocycles. The molecule has 0 heterocycles. The van der Waals surface area contributed by atoms with Crippen molar-refractivity contribution in [1.82, 2.24) is 0 Å². The fourth-order valence-corrected chi connectivity index (χ4v) is 3.07. The minimum Gasteiger partial charge on any atom is -0.462 e. The van der Waals surface area contributed by atoms with Crippen LogP contribution in [-0.2, 0) is 9.47 Å². The second-order valence-electron chi connectivity index (χ2n) is 6.27. The van der Waals surface area contributed by atoms with Crippen LogP contribution in [-0.4, -0.2) is 32.5 Å². The molecule has 0 aliphatic heterocycles. The van der Waals surface area contributed by atoms with Crippen LogP contribution in [0.1, 0.15) is 33.6 Å². The number of carbonyl (C=O) groups excluding carboxylic acids is 2. The van der Waals surface area contributed by atoms with Crippen LogP contribution in [0.25, 0.3) is 0 Å². The molecule has 1 aliphatic rings. The Morgan fingerprint density at radius 1 is 0.880 bits per heavy atom. The summed E-state index contributed by atoms with van der Waals surface area (Å²) in [5.41, 5.74) is 1.01. The van der Waals surface area contributed by atoms with Crippen LogP contribution in [0.3, 0.4) is 0 Å². The maximum atomic E-state index is 12.2. The van der Waals surface area contributed by atoms with E-state index in [9.17, 15) is 9.59 Å². The zero-order valence-corrected chi connectivity index (χ0v) is 13.8. The summed E-state index contributed by atoms with van der Waals surface area (Å²) >= 11 is 0. The topological polar surface area (TPSA) is 52.6 Å². The van der Waals surface area contributed by atoms with E-state index in [0.717, 1.165) is 0 Å². The summed E-state index contributed by atoms with van der Waals surface area (Å²) in [5, 5.41) is 0. The molecule has 126 valence electrons. The normalized spacial score (nSPS) is 22.3. The second kappa shape index (κ2) is 8.01. The van der Waals surface area contributed by atoms with Gasteiger partial charge in [0.1, 0.15) is 6.10 Å². The van der Waals surface area contributed by atoms with Crippen molar-refractivity contribution in [3.8, 4) is 0 Å². The molecular weight excluding hydrogens is 315 g/mol. The van der Waals surface area contributed by atoms with Gasteiger partial charge in [0.05, 0.1) is 25.6 Å². The third kappa shape index (κ3) is 4.50. The van der Waals surface area contributed by atoms with Crippen LogP contribution in [0.15, 0.2) is 60.7 Å². The molecule has 1 aliphatic carbocycles. The summed E-state index contributed by atoms with van der Waals surface area (Å²) in [6, 6.07) is 17.7. The molecule has 3 atom stereocenters. The van der Waals surface area contributed by atoms with E-state index in [1.807, 2.05) is 12.1 Å². The molecule has 2 radical (unpaired) electrons. The van der Waals surface area contributed by atoms with Crippen LogP contribution >= 0.6 is 0 Å². The largest absolute Gasteiger partial charge is 0.462 e. The fourth-order valence-electron chi connectivity index (χ4n) is 3.07. The van der Waals surface area contributed by atoms with Crippen LogP contribution in [0, 0.1) is 5.92 Å². The Balaban J connectivity index is 1.58. The monoisotopic (exact) mass is 334 g/mol. The molecule has 0 spiro atoms. The lowest BCUT2D eigenvalue weighted by Crippen LogP contribution is -2.26. The Hall–Kier alpha value is -2.56. The molecule has 5 heteroatoms. The van der Waals surface area contributed by atoms with Gasteiger partial charge < -0.3 is 9.47 Å². The highest BCUT2D eigenvalue weighted by molar-refractivity contribution is 6.11. The molecule has 3 unspecified atom stereocenters. The first-order valence-electron chi connectivity index (χ1n) is 8.37. The summed E-state index contributed by atoms with van der Waals surface area (Å²) in [4.78, 5) is 24.3. The molecule has 25 heavy (non-hydrogen) atoms. The Labute approximate surface area is 148 Å². The molecule has 2 aromatic rings. The van der Waals surface area contributed by atoms with Crippen molar-refractivity contribution in [3.05, 3.63) is 71.8 Å². The van der Waals surface area contributed by atoms with Crippen molar-refractivity contribution >= 4 is 19.8 Å². The molecule has 1 fully saturated rings. The van der Waals surface area contributed by atoms with Crippen molar-refractivity contribution in [1.29, 1.82) is 0 Å². The first-order chi connectivity index (χ1) is 12.1. The van der Waals surface area contributed by atoms with E-state index in [2.05, 4.69) is 0 Å². The van der Waals surface area contributed by atoms with Gasteiger partial charge in [-0.2, -0.15) is 0 Å². The number of hydrogen-bond donors (Lipinski definition) is 0. The first kappa shape index (κ1) is 17.3. The number of benzene rings is 2. The quantitative estimate of drug-likeness (QED) is 0.621. The number of ether oxygens (including phenoxy) is 2. The van der Waals surface area contributed by atoms with Gasteiger partial charge >= 0.3 is 11.9 Å². The first-order valence-corrected chi connectivity index (χ1v) is 8.37. The minimum absolute atomic E-state index is 0.0611. The molecular formula is C20H19BO4. The predicted octanol–water partition coefficient (Wildman–Crippen LogP) is 3.44. The van der Waals surface area contributed by atoms with E-state index in [0.29, 0.717) is 24.0 Å². The van der Waals surface area contributed by atoms with Gasteiger partial charge in [-0.05, 0) is 37.1 Å². The average molecular weight is 334 g/mol. The Bertz CT molecular complexity index is 717. The third-order valence-electron chi connectivity index (χ3n) is 4.37. The van der Waals surface area contributed by atoms with E-state index >= 15 is 0 Å². The van der Waals surface area contributed by atoms with Crippen molar-refractivity contribution in [2.45, 2.75) is 24.8 Å². The fraction of sp³-hybridized carbons (Fsp3) is 0.300. The van der Waals surface area contributed by atoms with Crippen molar-refractivity contribution in [2.24, 2.45) is 5.92 Å². The van der Waals surface area contributed by atoms with E-state index in [1.54, 1.807) is 48.5 Å². The van der Waals surface area contributed by atoms with Crippen LogP contribution in [0.5, 0.6) is 0 Å². The molecule has 4 nitrogen and oxygen atoms in total. The third-order valence-corrected chi connectivity index (χ3v) is 4.37. The zero-order chi connectivity index (χ0) is 17.6. The SMILES string of the molecule is [B]C1CC(COC(=O)c2ccccc2)C(OC(=O)c2ccccc2)C1. The van der Waals surface area contributed by atoms with Gasteiger partial charge in [-0.15, -0.1) is 0 Å². The number of carbonyl (C=O) groups is 2. The van der Waals surface area contributed by atoms with E-state index in [-0.39, 0.29) is 36.4 Å². The van der Waals surface area contributed by atoms with Gasteiger partial charge in [0, 0.05) is 5.92 Å². The number of rotatable bonds is 5. The lowest BCUT2D eigenvalue weighted by Gasteiger charge is -2.20. The van der Waals surface area contributed by atoms with Crippen LogP contribution in [0.4, 0.5) is 0 Å². The Morgan fingerprint density at radius 3 is 2.04 bits per heavy atom. The highest BCUT2D eigenvalue weighted by atomic mass is 16.6. The van der Waals surface area contributed by atoms with Gasteiger partial charge in [0.25, 0.3) is 0 Å². The standard InChI is InChI=1S/C20H19BO4/c21-17-11-16(13-24-19(22)14-7-3-1-4-8-14)18(12-17)25-20(23)15-9-5-2-6-10-15/h1-10,16-18H,11-13H2. The number of esters is 2. The zero-order valence-electron chi connectivity index (χ0n) is 13.8. The summed E-state index contributed by atoms with van der Waals surface area (Å²) in [5.74, 6) is -0.905. The highest BCUT2D eigenvalue weighted by Gasteiger charge is 2.35. The summed E-state index contributed by atoms with van der Waals surface area (Å²) in [6.45, 7) is 0.189. The summed E-state index contributed by atoms with van der Waals surface area (Å²) < 4.78 is 11.0. The Morgan fingerprint density at radius 2 is 1.44 bits per heavy atom. The summed E-state index contributed by atoms with van der Waals surface area (Å²) in [7, 11) is 6.02. The summed E-state index contributed by atoms with van der Waals surface area (Å²) in [6.07, 6.45) is 0.896. The van der Waals surface area contributed by atoms with Crippen LogP contribution in [0.2, 0.25) is 5.82 Å². The Kier molecular flexibility index (Phi) is 5.54. The van der Waals surface area contributed by atoms with Crippen molar-refractivity contribution in [3.63, 3.8) is 0 Å². The van der Waals surface area contributed by atoms with Gasteiger partial charge in [0.2, 0.25) is 0 Å². The maximum Gasteiger partial charge on any atom is 0.338 e. The van der Waals surface area contributed by atoms with E-state index in [1.165, 1.54) is 0 Å². The maximum absolute atomic E-state index is 12.2. The predicted molar refractivity (Wildman–Crippen MR) is 94.6 cm³/mol. The van der Waals surface area contributed by atoms with Gasteiger partial charge in [0.15, 0.2) is 0 Å². The molecule has 0 saturated heterocycles. The second-order valence-corrected chi connectivity index (χ2v) is 6.27. The lowest BCUT2D eigenvalue weighted by atomic mass is 9.85. The average Bonchev–Trinajstić information content (AvgIpc) is 3.00. The van der Waals surface area contributed by atoms with E-state index in [4.69, 9.17) is 17.3 Å². The molecule has 0 bridgehead atoms. The van der Waals surface area contributed by atoms with Crippen molar-refractivity contribution in [2.75, 3.05) is 6.61 Å². The smallest absolute Gasteiger partial charge is 0.338 e. The molecule has 1 saturated carbocycles. The van der Waals surface area contributed by atoms with Crippen LogP contribution < -0.4 is 0 Å². The molecule has 0 N–H and O–H groups in total. The molecule has 3 rings (SSSR count). The minimum atomic E-state index is -0.380. The highest BCUT2D eigenvalue weighted by Crippen LogP contribution is 2.36. The van der Waals surface area contributed by atoms with Gasteiger partial charge in [-0.1, -0.05) is 42.2 Å². The molecule has 0 aromatic heterocycles.